The third-order valence-electron chi connectivity index (χ3n) is 3.55. The van der Waals surface area contributed by atoms with E-state index < -0.39 is 5.60 Å². The van der Waals surface area contributed by atoms with E-state index in [4.69, 9.17) is 5.11 Å². The van der Waals surface area contributed by atoms with Crippen LogP contribution in [0.2, 0.25) is 0 Å². The van der Waals surface area contributed by atoms with Crippen LogP contribution in [-0.2, 0) is 12.6 Å². The number of nitrogens with zero attached hydrogens (tertiary/aromatic N) is 2. The molecule has 0 spiro atoms. The minimum Gasteiger partial charge on any atom is -0.396 e. The molecule has 0 aliphatic carbocycles. The smallest absolute Gasteiger partial charge is 0.106 e. The summed E-state index contributed by atoms with van der Waals surface area (Å²) in [6.07, 6.45) is 1.13. The van der Waals surface area contributed by atoms with E-state index in [1.165, 1.54) is 0 Å². The molecule has 0 fully saturated rings. The molecule has 98 valence electrons. The molecule has 1 aromatic carbocycles. The normalized spacial score (nSPS) is 14.9. The summed E-state index contributed by atoms with van der Waals surface area (Å²) in [5.74, 6) is 0.956. The third-order valence-corrected chi connectivity index (χ3v) is 3.55. The molecule has 2 aromatic rings. The van der Waals surface area contributed by atoms with Crippen molar-refractivity contribution in [3.63, 3.8) is 0 Å². The van der Waals surface area contributed by atoms with Gasteiger partial charge in [-0.25, -0.2) is 4.98 Å². The fourth-order valence-corrected chi connectivity index (χ4v) is 2.22. The first-order valence-electron chi connectivity index (χ1n) is 6.22. The number of rotatable bonds is 4. The van der Waals surface area contributed by atoms with E-state index in [2.05, 4.69) is 4.98 Å². The molecule has 0 aliphatic rings. The van der Waals surface area contributed by atoms with Gasteiger partial charge in [-0.2, -0.15) is 0 Å². The number of imidazole rings is 1. The number of hydrogen-bond donors (Lipinski definition) is 2. The second kappa shape index (κ2) is 4.71. The summed E-state index contributed by atoms with van der Waals surface area (Å²) in [5, 5.41) is 19.3. The number of benzene rings is 1. The molecule has 0 bridgehead atoms. The Labute approximate surface area is 107 Å². The molecule has 0 saturated carbocycles. The Bertz CT molecular complexity index is 558. The van der Waals surface area contributed by atoms with Crippen molar-refractivity contribution in [2.24, 2.45) is 7.05 Å². The fourth-order valence-electron chi connectivity index (χ4n) is 2.22. The quantitative estimate of drug-likeness (QED) is 0.868. The summed E-state index contributed by atoms with van der Waals surface area (Å²) in [6.45, 7) is 3.84. The predicted octanol–water partition coefficient (Wildman–Crippen LogP) is 1.86. The lowest BCUT2D eigenvalue weighted by atomic mass is 9.91. The molecular weight excluding hydrogens is 228 g/mol. The van der Waals surface area contributed by atoms with Crippen LogP contribution in [-0.4, -0.2) is 26.4 Å². The zero-order valence-corrected chi connectivity index (χ0v) is 11.1. The topological polar surface area (TPSA) is 58.3 Å². The van der Waals surface area contributed by atoms with Gasteiger partial charge in [0, 0.05) is 13.7 Å². The van der Waals surface area contributed by atoms with Crippen molar-refractivity contribution in [2.75, 3.05) is 6.61 Å². The van der Waals surface area contributed by atoms with Gasteiger partial charge in [0.2, 0.25) is 0 Å². The van der Waals surface area contributed by atoms with E-state index in [1.54, 1.807) is 6.92 Å². The van der Waals surface area contributed by atoms with Crippen LogP contribution in [0.1, 0.15) is 31.2 Å². The van der Waals surface area contributed by atoms with E-state index in [0.29, 0.717) is 12.8 Å². The highest BCUT2D eigenvalue weighted by Crippen LogP contribution is 2.28. The van der Waals surface area contributed by atoms with Crippen molar-refractivity contribution < 1.29 is 10.2 Å². The van der Waals surface area contributed by atoms with Crippen LogP contribution in [0.15, 0.2) is 18.2 Å². The highest BCUT2D eigenvalue weighted by molar-refractivity contribution is 5.77. The summed E-state index contributed by atoms with van der Waals surface area (Å²) in [6, 6.07) is 5.85. The molecule has 2 N–H and O–H groups in total. The summed E-state index contributed by atoms with van der Waals surface area (Å²) in [5.41, 5.74) is 1.90. The Balaban J connectivity index is 2.40. The van der Waals surface area contributed by atoms with Gasteiger partial charge in [-0.15, -0.1) is 0 Å². The minimum atomic E-state index is -0.914. The molecule has 1 atom stereocenters. The van der Waals surface area contributed by atoms with Gasteiger partial charge in [-0.1, -0.05) is 6.07 Å². The lowest BCUT2D eigenvalue weighted by Gasteiger charge is -2.23. The van der Waals surface area contributed by atoms with Crippen molar-refractivity contribution in [3.05, 3.63) is 29.6 Å². The first-order valence-corrected chi connectivity index (χ1v) is 6.22. The second-order valence-corrected chi connectivity index (χ2v) is 5.02. The standard InChI is InChI=1S/C14H20N2O2/c1-10-15-12-9-11(5-6-13(12)16(10)3)14(2,18)7-4-8-17/h5-6,9,17-18H,4,7-8H2,1-3H3. The van der Waals surface area contributed by atoms with Crippen molar-refractivity contribution in [1.29, 1.82) is 0 Å². The number of aliphatic hydroxyl groups excluding tert-OH is 1. The molecule has 0 amide bonds. The molecule has 2 rings (SSSR count). The monoisotopic (exact) mass is 248 g/mol. The predicted molar refractivity (Wildman–Crippen MR) is 71.3 cm³/mol. The van der Waals surface area contributed by atoms with Gasteiger partial charge < -0.3 is 14.8 Å². The molecule has 4 heteroatoms. The number of hydrogen-bond acceptors (Lipinski definition) is 3. The largest absolute Gasteiger partial charge is 0.396 e. The SMILES string of the molecule is Cc1nc2cc(C(C)(O)CCCO)ccc2n1C. The third kappa shape index (κ3) is 2.26. The Hall–Kier alpha value is -1.39. The van der Waals surface area contributed by atoms with Crippen LogP contribution in [0.4, 0.5) is 0 Å². The van der Waals surface area contributed by atoms with E-state index in [0.717, 1.165) is 22.4 Å². The number of aromatic nitrogens is 2. The summed E-state index contributed by atoms with van der Waals surface area (Å²) in [7, 11) is 1.98. The van der Waals surface area contributed by atoms with E-state index >= 15 is 0 Å². The van der Waals surface area contributed by atoms with Crippen molar-refractivity contribution in [2.45, 2.75) is 32.3 Å². The summed E-state index contributed by atoms with van der Waals surface area (Å²) in [4.78, 5) is 4.47. The van der Waals surface area contributed by atoms with Crippen molar-refractivity contribution in [1.82, 2.24) is 9.55 Å². The van der Waals surface area contributed by atoms with Crippen LogP contribution in [0, 0.1) is 6.92 Å². The highest BCUT2D eigenvalue weighted by atomic mass is 16.3. The summed E-state index contributed by atoms with van der Waals surface area (Å²) < 4.78 is 2.03. The molecule has 0 radical (unpaired) electrons. The maximum atomic E-state index is 10.4. The highest BCUT2D eigenvalue weighted by Gasteiger charge is 2.23. The summed E-state index contributed by atoms with van der Waals surface area (Å²) >= 11 is 0. The molecule has 18 heavy (non-hydrogen) atoms. The van der Waals surface area contributed by atoms with Gasteiger partial charge in [0.25, 0.3) is 0 Å². The molecule has 4 nitrogen and oxygen atoms in total. The lowest BCUT2D eigenvalue weighted by molar-refractivity contribution is 0.0404. The van der Waals surface area contributed by atoms with Crippen molar-refractivity contribution >= 4 is 11.0 Å². The molecule has 1 aromatic heterocycles. The lowest BCUT2D eigenvalue weighted by Crippen LogP contribution is -2.21. The van der Waals surface area contributed by atoms with E-state index in [9.17, 15) is 5.11 Å². The van der Waals surface area contributed by atoms with Gasteiger partial charge in [0.1, 0.15) is 5.82 Å². The van der Waals surface area contributed by atoms with Crippen LogP contribution in [0.5, 0.6) is 0 Å². The first kappa shape index (κ1) is 13.1. The van der Waals surface area contributed by atoms with Gasteiger partial charge in [0.15, 0.2) is 0 Å². The average molecular weight is 248 g/mol. The van der Waals surface area contributed by atoms with Gasteiger partial charge in [-0.05, 0) is 44.4 Å². The van der Waals surface area contributed by atoms with Crippen LogP contribution in [0.3, 0.4) is 0 Å². The zero-order valence-electron chi connectivity index (χ0n) is 11.1. The van der Waals surface area contributed by atoms with Crippen LogP contribution < -0.4 is 0 Å². The van der Waals surface area contributed by atoms with E-state index in [1.807, 2.05) is 36.7 Å². The maximum absolute atomic E-state index is 10.4. The molecular formula is C14H20N2O2. The zero-order chi connectivity index (χ0) is 13.3. The van der Waals surface area contributed by atoms with E-state index in [-0.39, 0.29) is 6.61 Å². The molecule has 1 heterocycles. The first-order chi connectivity index (χ1) is 8.45. The van der Waals surface area contributed by atoms with Crippen LogP contribution in [0.25, 0.3) is 11.0 Å². The number of aryl methyl sites for hydroxylation is 2. The Morgan fingerprint density at radius 3 is 2.78 bits per heavy atom. The Morgan fingerprint density at radius 1 is 1.39 bits per heavy atom. The van der Waals surface area contributed by atoms with Gasteiger partial charge in [-0.3, -0.25) is 0 Å². The number of aliphatic hydroxyl groups is 2. The van der Waals surface area contributed by atoms with Crippen LogP contribution >= 0.6 is 0 Å². The Kier molecular flexibility index (Phi) is 3.41. The molecule has 0 saturated heterocycles. The second-order valence-electron chi connectivity index (χ2n) is 5.02. The molecule has 1 unspecified atom stereocenters. The van der Waals surface area contributed by atoms with Crippen molar-refractivity contribution in [3.8, 4) is 0 Å². The Morgan fingerprint density at radius 2 is 2.11 bits per heavy atom. The van der Waals surface area contributed by atoms with Gasteiger partial charge >= 0.3 is 0 Å². The fraction of sp³-hybridized carbons (Fsp3) is 0.500. The average Bonchev–Trinajstić information content (AvgIpc) is 2.62. The number of fused-ring (bicyclic) bond motifs is 1. The minimum absolute atomic E-state index is 0.0983. The molecule has 0 aliphatic heterocycles. The van der Waals surface area contributed by atoms with Gasteiger partial charge in [0.05, 0.1) is 16.6 Å². The maximum Gasteiger partial charge on any atom is 0.106 e.